The van der Waals surface area contributed by atoms with Gasteiger partial charge in [0.25, 0.3) is 0 Å². The fourth-order valence-electron chi connectivity index (χ4n) is 1.11. The Bertz CT molecular complexity index is 326. The van der Waals surface area contributed by atoms with Crippen LogP contribution in [-0.4, -0.2) is 6.61 Å². The molecule has 0 fully saturated rings. The number of rotatable bonds is 3. The van der Waals surface area contributed by atoms with E-state index < -0.39 is 0 Å². The summed E-state index contributed by atoms with van der Waals surface area (Å²) in [6.45, 7) is 4.49. The van der Waals surface area contributed by atoms with E-state index >= 15 is 0 Å². The topological polar surface area (TPSA) is 9.23 Å². The van der Waals surface area contributed by atoms with E-state index in [0.717, 1.165) is 5.56 Å². The molecule has 1 atom stereocenters. The monoisotopic (exact) mass is 296 g/mol. The summed E-state index contributed by atoms with van der Waals surface area (Å²) >= 11 is 15.5. The summed E-state index contributed by atoms with van der Waals surface area (Å²) in [5.74, 6) is 0.635. The summed E-state index contributed by atoms with van der Waals surface area (Å²) in [7, 11) is 0. The molecule has 1 nitrogen and oxygen atoms in total. The van der Waals surface area contributed by atoms with Crippen molar-refractivity contribution in [3.63, 3.8) is 0 Å². The summed E-state index contributed by atoms with van der Waals surface area (Å²) in [5, 5.41) is 1.26. The van der Waals surface area contributed by atoms with Crippen molar-refractivity contribution < 1.29 is 4.74 Å². The molecule has 0 saturated heterocycles. The fourth-order valence-corrected chi connectivity index (χ4v) is 2.17. The molecular formula is C10H11BrCl2O. The van der Waals surface area contributed by atoms with Crippen molar-refractivity contribution >= 4 is 39.1 Å². The zero-order chi connectivity index (χ0) is 10.7. The quantitative estimate of drug-likeness (QED) is 0.725. The van der Waals surface area contributed by atoms with Gasteiger partial charge in [-0.05, 0) is 25.5 Å². The second kappa shape index (κ2) is 5.24. The van der Waals surface area contributed by atoms with Gasteiger partial charge in [0.05, 0.1) is 11.6 Å². The highest BCUT2D eigenvalue weighted by Crippen LogP contribution is 2.36. The van der Waals surface area contributed by atoms with E-state index in [0.29, 0.717) is 22.4 Å². The van der Waals surface area contributed by atoms with Gasteiger partial charge in [0.1, 0.15) is 5.75 Å². The number of hydrogen-bond acceptors (Lipinski definition) is 1. The summed E-state index contributed by atoms with van der Waals surface area (Å²) in [4.78, 5) is 0.183. The molecule has 0 aliphatic rings. The third-order valence-electron chi connectivity index (χ3n) is 1.78. The van der Waals surface area contributed by atoms with Crippen molar-refractivity contribution in [2.24, 2.45) is 0 Å². The minimum atomic E-state index is 0.183. The van der Waals surface area contributed by atoms with Crippen LogP contribution in [0, 0.1) is 0 Å². The molecule has 78 valence electrons. The first-order valence-corrected chi connectivity index (χ1v) is 5.99. The largest absolute Gasteiger partial charge is 0.492 e. The zero-order valence-electron chi connectivity index (χ0n) is 7.98. The van der Waals surface area contributed by atoms with Crippen LogP contribution in [0.15, 0.2) is 12.1 Å². The molecule has 0 saturated carbocycles. The lowest BCUT2D eigenvalue weighted by Crippen LogP contribution is -1.94. The van der Waals surface area contributed by atoms with Gasteiger partial charge in [0.2, 0.25) is 0 Å². The Morgan fingerprint density at radius 3 is 2.50 bits per heavy atom. The second-order valence-electron chi connectivity index (χ2n) is 2.85. The predicted molar refractivity (Wildman–Crippen MR) is 65.0 cm³/mol. The van der Waals surface area contributed by atoms with Gasteiger partial charge in [-0.3, -0.25) is 0 Å². The molecule has 1 aromatic carbocycles. The molecule has 1 rings (SSSR count). The Morgan fingerprint density at radius 2 is 2.00 bits per heavy atom. The molecule has 0 aliphatic carbocycles. The maximum absolute atomic E-state index is 6.06. The molecule has 0 bridgehead atoms. The first kappa shape index (κ1) is 12.2. The number of ether oxygens (including phenoxy) is 1. The molecule has 0 spiro atoms. The second-order valence-corrected chi connectivity index (χ2v) is 5.04. The Labute approximate surface area is 102 Å². The van der Waals surface area contributed by atoms with Crippen LogP contribution >= 0.6 is 39.1 Å². The van der Waals surface area contributed by atoms with Gasteiger partial charge in [-0.25, -0.2) is 0 Å². The third-order valence-corrected chi connectivity index (χ3v) is 2.90. The Balaban J connectivity index is 3.10. The predicted octanol–water partition coefficient (Wildman–Crippen LogP) is 4.85. The van der Waals surface area contributed by atoms with Crippen LogP contribution in [0.3, 0.4) is 0 Å². The van der Waals surface area contributed by atoms with Crippen LogP contribution in [0.5, 0.6) is 5.75 Å². The maximum Gasteiger partial charge on any atom is 0.139 e. The highest BCUT2D eigenvalue weighted by molar-refractivity contribution is 9.09. The lowest BCUT2D eigenvalue weighted by molar-refractivity contribution is 0.340. The van der Waals surface area contributed by atoms with Crippen molar-refractivity contribution in [1.29, 1.82) is 0 Å². The van der Waals surface area contributed by atoms with Gasteiger partial charge in [0.15, 0.2) is 0 Å². The number of hydrogen-bond donors (Lipinski definition) is 0. The molecule has 0 aliphatic heterocycles. The van der Waals surface area contributed by atoms with E-state index in [1.165, 1.54) is 0 Å². The standard InChI is InChI=1S/C10H11BrCl2O/c1-3-14-10-5-8(12)7(6(2)11)4-9(10)13/h4-6H,3H2,1-2H3. The van der Waals surface area contributed by atoms with E-state index in [4.69, 9.17) is 27.9 Å². The molecule has 0 heterocycles. The Hall–Kier alpha value is 0.0800. The van der Waals surface area contributed by atoms with Crippen molar-refractivity contribution in [3.8, 4) is 5.75 Å². The zero-order valence-corrected chi connectivity index (χ0v) is 11.1. The van der Waals surface area contributed by atoms with E-state index in [-0.39, 0.29) is 4.83 Å². The van der Waals surface area contributed by atoms with E-state index in [9.17, 15) is 0 Å². The number of alkyl halides is 1. The lowest BCUT2D eigenvalue weighted by Gasteiger charge is -2.11. The van der Waals surface area contributed by atoms with Crippen LogP contribution in [0.1, 0.15) is 24.2 Å². The van der Waals surface area contributed by atoms with Crippen LogP contribution in [0.2, 0.25) is 10.0 Å². The van der Waals surface area contributed by atoms with E-state index in [2.05, 4.69) is 15.9 Å². The van der Waals surface area contributed by atoms with Gasteiger partial charge in [-0.2, -0.15) is 0 Å². The van der Waals surface area contributed by atoms with Gasteiger partial charge in [-0.1, -0.05) is 39.1 Å². The van der Waals surface area contributed by atoms with Crippen molar-refractivity contribution in [1.82, 2.24) is 0 Å². The molecule has 0 amide bonds. The summed E-state index contributed by atoms with van der Waals surface area (Å²) in [6.07, 6.45) is 0. The van der Waals surface area contributed by atoms with Crippen LogP contribution in [0.4, 0.5) is 0 Å². The van der Waals surface area contributed by atoms with Crippen molar-refractivity contribution in [2.45, 2.75) is 18.7 Å². The number of benzene rings is 1. The van der Waals surface area contributed by atoms with E-state index in [1.807, 2.05) is 19.9 Å². The highest BCUT2D eigenvalue weighted by Gasteiger charge is 2.11. The first-order chi connectivity index (χ1) is 6.56. The Morgan fingerprint density at radius 1 is 1.36 bits per heavy atom. The maximum atomic E-state index is 6.06. The normalized spacial score (nSPS) is 12.6. The van der Waals surface area contributed by atoms with Crippen LogP contribution in [-0.2, 0) is 0 Å². The van der Waals surface area contributed by atoms with Gasteiger partial charge in [-0.15, -0.1) is 0 Å². The first-order valence-electron chi connectivity index (χ1n) is 4.32. The minimum absolute atomic E-state index is 0.183. The summed E-state index contributed by atoms with van der Waals surface area (Å²) < 4.78 is 5.32. The Kier molecular flexibility index (Phi) is 4.55. The molecule has 14 heavy (non-hydrogen) atoms. The fraction of sp³-hybridized carbons (Fsp3) is 0.400. The van der Waals surface area contributed by atoms with Crippen LogP contribution in [0.25, 0.3) is 0 Å². The molecular weight excluding hydrogens is 287 g/mol. The molecule has 0 radical (unpaired) electrons. The van der Waals surface area contributed by atoms with Crippen molar-refractivity contribution in [3.05, 3.63) is 27.7 Å². The van der Waals surface area contributed by atoms with Gasteiger partial charge < -0.3 is 4.74 Å². The summed E-state index contributed by atoms with van der Waals surface area (Å²) in [5.41, 5.74) is 0.972. The van der Waals surface area contributed by atoms with E-state index in [1.54, 1.807) is 6.07 Å². The smallest absolute Gasteiger partial charge is 0.139 e. The molecule has 1 unspecified atom stereocenters. The third kappa shape index (κ3) is 2.78. The highest BCUT2D eigenvalue weighted by atomic mass is 79.9. The average Bonchev–Trinajstić information content (AvgIpc) is 2.10. The lowest BCUT2D eigenvalue weighted by atomic mass is 10.1. The minimum Gasteiger partial charge on any atom is -0.492 e. The molecule has 0 aromatic heterocycles. The molecule has 1 aromatic rings. The van der Waals surface area contributed by atoms with Gasteiger partial charge in [0, 0.05) is 15.9 Å². The van der Waals surface area contributed by atoms with Crippen molar-refractivity contribution in [2.75, 3.05) is 6.61 Å². The van der Waals surface area contributed by atoms with Gasteiger partial charge >= 0.3 is 0 Å². The molecule has 4 heteroatoms. The average molecular weight is 298 g/mol. The molecule has 0 N–H and O–H groups in total. The number of halogens is 3. The summed E-state index contributed by atoms with van der Waals surface area (Å²) in [6, 6.07) is 3.58. The SMILES string of the molecule is CCOc1cc(Cl)c(C(C)Br)cc1Cl. The van der Waals surface area contributed by atoms with Crippen LogP contribution < -0.4 is 4.74 Å².